The van der Waals surface area contributed by atoms with Crippen LogP contribution in [0.3, 0.4) is 0 Å². The minimum absolute atomic E-state index is 0.282. The van der Waals surface area contributed by atoms with Crippen molar-refractivity contribution in [1.82, 2.24) is 10.2 Å². The second-order valence-corrected chi connectivity index (χ2v) is 6.83. The minimum Gasteiger partial charge on any atom is -0.418 e. The van der Waals surface area contributed by atoms with Gasteiger partial charge < -0.3 is 9.73 Å². The summed E-state index contributed by atoms with van der Waals surface area (Å²) in [6.07, 6.45) is 0. The Balaban J connectivity index is 1.74. The Kier molecular flexibility index (Phi) is 5.08. The third-order valence-electron chi connectivity index (χ3n) is 4.34. The molecule has 0 saturated heterocycles. The van der Waals surface area contributed by atoms with Crippen molar-refractivity contribution >= 4 is 17.3 Å². The van der Waals surface area contributed by atoms with Gasteiger partial charge in [-0.3, -0.25) is 0 Å². The van der Waals surface area contributed by atoms with Crippen LogP contribution in [0.25, 0.3) is 11.5 Å². The number of hydrogen-bond donors (Lipinski definition) is 1. The van der Waals surface area contributed by atoms with Crippen LogP contribution < -0.4 is 5.32 Å². The zero-order valence-corrected chi connectivity index (χ0v) is 15.8. The SMILES string of the molecule is Cc1ccc(N[C@H](c2nnc(-c3ccccc3)o2)c2ccc(F)cc2Cl)cc1. The van der Waals surface area contributed by atoms with E-state index in [2.05, 4.69) is 15.5 Å². The average Bonchev–Trinajstić information content (AvgIpc) is 3.19. The lowest BCUT2D eigenvalue weighted by Crippen LogP contribution is -2.13. The molecule has 1 heterocycles. The van der Waals surface area contributed by atoms with E-state index >= 15 is 0 Å². The third-order valence-corrected chi connectivity index (χ3v) is 4.67. The zero-order chi connectivity index (χ0) is 19.5. The van der Waals surface area contributed by atoms with Gasteiger partial charge in [-0.2, -0.15) is 0 Å². The van der Waals surface area contributed by atoms with Crippen LogP contribution in [0.15, 0.2) is 77.2 Å². The van der Waals surface area contributed by atoms with Gasteiger partial charge in [0.15, 0.2) is 0 Å². The predicted octanol–water partition coefficient (Wildman–Crippen LogP) is 6.04. The molecule has 0 spiro atoms. The van der Waals surface area contributed by atoms with Crippen molar-refractivity contribution in [2.75, 3.05) is 5.32 Å². The quantitative estimate of drug-likeness (QED) is 0.449. The molecule has 1 atom stereocenters. The summed E-state index contributed by atoms with van der Waals surface area (Å²) in [6, 6.07) is 21.1. The fourth-order valence-corrected chi connectivity index (χ4v) is 3.15. The van der Waals surface area contributed by atoms with Crippen LogP contribution in [0.2, 0.25) is 5.02 Å². The van der Waals surface area contributed by atoms with Crippen LogP contribution in [0.4, 0.5) is 10.1 Å². The lowest BCUT2D eigenvalue weighted by molar-refractivity contribution is 0.494. The molecule has 6 heteroatoms. The molecular weight excluding hydrogens is 377 g/mol. The summed E-state index contributed by atoms with van der Waals surface area (Å²) in [4.78, 5) is 0. The van der Waals surface area contributed by atoms with Crippen molar-refractivity contribution in [3.8, 4) is 11.5 Å². The second-order valence-electron chi connectivity index (χ2n) is 6.42. The molecule has 4 aromatic rings. The Labute approximate surface area is 167 Å². The summed E-state index contributed by atoms with van der Waals surface area (Å²) in [7, 11) is 0. The maximum absolute atomic E-state index is 13.6. The molecule has 0 amide bonds. The van der Waals surface area contributed by atoms with Crippen molar-refractivity contribution in [1.29, 1.82) is 0 Å². The molecule has 140 valence electrons. The van der Waals surface area contributed by atoms with E-state index in [0.29, 0.717) is 17.3 Å². The smallest absolute Gasteiger partial charge is 0.247 e. The number of halogens is 2. The van der Waals surface area contributed by atoms with Gasteiger partial charge in [0.1, 0.15) is 11.9 Å². The van der Waals surface area contributed by atoms with Crippen LogP contribution in [0, 0.1) is 12.7 Å². The van der Waals surface area contributed by atoms with Gasteiger partial charge in [0.25, 0.3) is 0 Å². The Bertz CT molecular complexity index is 1080. The number of hydrogen-bond acceptors (Lipinski definition) is 4. The number of aryl methyl sites for hydroxylation is 1. The molecule has 0 aliphatic carbocycles. The number of aromatic nitrogens is 2. The van der Waals surface area contributed by atoms with Gasteiger partial charge in [-0.05, 0) is 43.3 Å². The fraction of sp³-hybridized carbons (Fsp3) is 0.0909. The molecule has 3 aromatic carbocycles. The number of nitrogens with one attached hydrogen (secondary N) is 1. The van der Waals surface area contributed by atoms with E-state index in [1.807, 2.05) is 61.5 Å². The normalized spacial score (nSPS) is 12.0. The number of benzene rings is 3. The molecular formula is C22H17ClFN3O. The fourth-order valence-electron chi connectivity index (χ4n) is 2.87. The monoisotopic (exact) mass is 393 g/mol. The first kappa shape index (κ1) is 18.2. The molecule has 0 bridgehead atoms. The highest BCUT2D eigenvalue weighted by molar-refractivity contribution is 6.31. The van der Waals surface area contributed by atoms with Crippen LogP contribution in [0.5, 0.6) is 0 Å². The van der Waals surface area contributed by atoms with Crippen LogP contribution >= 0.6 is 11.6 Å². The molecule has 1 N–H and O–H groups in total. The van der Waals surface area contributed by atoms with Gasteiger partial charge in [0.05, 0.1) is 0 Å². The van der Waals surface area contributed by atoms with Crippen molar-refractivity contribution in [3.05, 3.63) is 101 Å². The topological polar surface area (TPSA) is 51.0 Å². The van der Waals surface area contributed by atoms with E-state index < -0.39 is 11.9 Å². The zero-order valence-electron chi connectivity index (χ0n) is 15.1. The molecule has 28 heavy (non-hydrogen) atoms. The Morgan fingerprint density at radius 2 is 1.71 bits per heavy atom. The van der Waals surface area contributed by atoms with Crippen molar-refractivity contribution in [3.63, 3.8) is 0 Å². The highest BCUT2D eigenvalue weighted by atomic mass is 35.5. The summed E-state index contributed by atoms with van der Waals surface area (Å²) < 4.78 is 19.5. The van der Waals surface area contributed by atoms with Gasteiger partial charge in [0, 0.05) is 21.8 Å². The molecule has 1 aromatic heterocycles. The summed E-state index contributed by atoms with van der Waals surface area (Å²) in [5.41, 5.74) is 3.47. The van der Waals surface area contributed by atoms with Gasteiger partial charge in [-0.25, -0.2) is 4.39 Å². The lowest BCUT2D eigenvalue weighted by Gasteiger charge is -2.18. The van der Waals surface area contributed by atoms with E-state index in [4.69, 9.17) is 16.0 Å². The van der Waals surface area contributed by atoms with E-state index in [0.717, 1.165) is 16.8 Å². The van der Waals surface area contributed by atoms with Gasteiger partial charge in [-0.15, -0.1) is 10.2 Å². The molecule has 0 saturated carbocycles. The summed E-state index contributed by atoms with van der Waals surface area (Å²) in [6.45, 7) is 2.02. The molecule has 0 fully saturated rings. The predicted molar refractivity (Wildman–Crippen MR) is 108 cm³/mol. The van der Waals surface area contributed by atoms with Crippen molar-refractivity contribution in [2.45, 2.75) is 13.0 Å². The molecule has 0 unspecified atom stereocenters. The Morgan fingerprint density at radius 3 is 2.43 bits per heavy atom. The van der Waals surface area contributed by atoms with Gasteiger partial charge in [0.2, 0.25) is 11.8 Å². The molecule has 0 aliphatic heterocycles. The second kappa shape index (κ2) is 7.82. The first-order chi connectivity index (χ1) is 13.6. The van der Waals surface area contributed by atoms with E-state index in [1.54, 1.807) is 6.07 Å². The highest BCUT2D eigenvalue weighted by Gasteiger charge is 2.24. The number of nitrogens with zero attached hydrogens (tertiary/aromatic N) is 2. The first-order valence-electron chi connectivity index (χ1n) is 8.77. The van der Waals surface area contributed by atoms with E-state index in [1.165, 1.54) is 12.1 Å². The van der Waals surface area contributed by atoms with Crippen LogP contribution in [-0.2, 0) is 0 Å². The van der Waals surface area contributed by atoms with Crippen molar-refractivity contribution in [2.24, 2.45) is 0 Å². The number of rotatable bonds is 5. The minimum atomic E-state index is -0.527. The maximum Gasteiger partial charge on any atom is 0.247 e. The summed E-state index contributed by atoms with van der Waals surface area (Å²) >= 11 is 6.32. The molecule has 4 nitrogen and oxygen atoms in total. The van der Waals surface area contributed by atoms with Crippen molar-refractivity contribution < 1.29 is 8.81 Å². The van der Waals surface area contributed by atoms with Gasteiger partial charge >= 0.3 is 0 Å². The maximum atomic E-state index is 13.6. The third kappa shape index (κ3) is 3.89. The van der Waals surface area contributed by atoms with Crippen LogP contribution in [-0.4, -0.2) is 10.2 Å². The number of anilines is 1. The molecule has 4 rings (SSSR count). The van der Waals surface area contributed by atoms with Gasteiger partial charge in [-0.1, -0.05) is 53.6 Å². The molecule has 0 aliphatic rings. The molecule has 0 radical (unpaired) electrons. The summed E-state index contributed by atoms with van der Waals surface area (Å²) in [5, 5.41) is 12.0. The Hall–Kier alpha value is -3.18. The first-order valence-corrected chi connectivity index (χ1v) is 9.15. The Morgan fingerprint density at radius 1 is 0.964 bits per heavy atom. The van der Waals surface area contributed by atoms with Crippen LogP contribution in [0.1, 0.15) is 23.1 Å². The highest BCUT2D eigenvalue weighted by Crippen LogP contribution is 2.32. The van der Waals surface area contributed by atoms with E-state index in [-0.39, 0.29) is 5.02 Å². The average molecular weight is 394 g/mol. The van der Waals surface area contributed by atoms with E-state index in [9.17, 15) is 4.39 Å². The standard InChI is InChI=1S/C22H17ClFN3O/c1-14-7-10-17(11-8-14)25-20(18-12-9-16(24)13-19(18)23)22-27-26-21(28-22)15-5-3-2-4-6-15/h2-13,20,25H,1H3/t20-/m0/s1. The summed E-state index contributed by atoms with van der Waals surface area (Å²) in [5.74, 6) is 0.343. The lowest BCUT2D eigenvalue weighted by atomic mass is 10.1. The largest absolute Gasteiger partial charge is 0.418 e.